The van der Waals surface area contributed by atoms with Crippen LogP contribution in [0.5, 0.6) is 5.75 Å². The molecule has 0 spiro atoms. The van der Waals surface area contributed by atoms with E-state index in [0.717, 1.165) is 30.3 Å². The van der Waals surface area contributed by atoms with Crippen LogP contribution in [0.2, 0.25) is 5.28 Å². The van der Waals surface area contributed by atoms with E-state index in [9.17, 15) is 57.0 Å². The number of hydrogen-bond donors (Lipinski definition) is 4. The second-order valence-corrected chi connectivity index (χ2v) is 16.2. The van der Waals surface area contributed by atoms with Crippen LogP contribution in [0.1, 0.15) is 5.56 Å². The van der Waals surface area contributed by atoms with Gasteiger partial charge in [-0.2, -0.15) is 23.4 Å². The minimum absolute atomic E-state index is 0. The number of azo groups is 1. The second kappa shape index (κ2) is 20.0. The maximum absolute atomic E-state index is 13.4. The van der Waals surface area contributed by atoms with Crippen LogP contribution in [0.4, 0.5) is 40.3 Å². The van der Waals surface area contributed by atoms with Gasteiger partial charge in [0.2, 0.25) is 17.2 Å². The molecule has 0 aliphatic heterocycles. The van der Waals surface area contributed by atoms with Crippen molar-refractivity contribution in [1.82, 2.24) is 15.0 Å². The number of halogens is 1. The number of fused-ring (bicyclic) bond motifs is 1. The Bertz CT molecular complexity index is 2820. The molecule has 5 N–H and O–H groups in total. The van der Waals surface area contributed by atoms with Gasteiger partial charge in [-0.1, -0.05) is 5.75 Å². The molecule has 0 amide bonds. The molecule has 0 aliphatic rings. The molecule has 0 bridgehead atoms. The Morgan fingerprint density at radius 1 is 0.714 bits per heavy atom. The van der Waals surface area contributed by atoms with E-state index in [0.29, 0.717) is 23.8 Å². The van der Waals surface area contributed by atoms with Crippen LogP contribution in [0.15, 0.2) is 84.4 Å². The van der Waals surface area contributed by atoms with E-state index in [1.165, 1.54) is 13.0 Å². The Morgan fingerprint density at radius 2 is 1.30 bits per heavy atom. The zero-order valence-corrected chi connectivity index (χ0v) is 41.4. The van der Waals surface area contributed by atoms with Crippen LogP contribution < -0.4 is 140 Å². The molecule has 0 unspecified atom stereocenters. The smallest absolute Gasteiger partial charge is 0.870 e. The molecule has 1 heterocycles. The van der Waals surface area contributed by atoms with Crippen molar-refractivity contribution in [1.29, 1.82) is 0 Å². The summed E-state index contributed by atoms with van der Waals surface area (Å²) in [6.45, 7) is 1.49. The van der Waals surface area contributed by atoms with Crippen LogP contribution in [-0.4, -0.2) is 66.8 Å². The minimum Gasteiger partial charge on any atom is -0.870 e. The van der Waals surface area contributed by atoms with Crippen molar-refractivity contribution in [3.8, 4) is 5.75 Å². The molecule has 0 saturated heterocycles. The van der Waals surface area contributed by atoms with Crippen LogP contribution in [0.3, 0.4) is 0 Å². The van der Waals surface area contributed by atoms with Crippen molar-refractivity contribution >= 4 is 103 Å². The molecule has 30 heteroatoms. The van der Waals surface area contributed by atoms with Crippen molar-refractivity contribution in [2.75, 3.05) is 16.4 Å². The number of rotatable bonds is 10. The number of nitrogens with two attached hydrogens (primary N) is 1. The summed E-state index contributed by atoms with van der Waals surface area (Å²) in [5.41, 5.74) is 3.74. The quantitative estimate of drug-likeness (QED) is 0.0437. The van der Waals surface area contributed by atoms with E-state index >= 15 is 0 Å². The Hall–Kier alpha value is -1.12. The monoisotopic (exact) mass is 904 g/mol. The van der Waals surface area contributed by atoms with Crippen molar-refractivity contribution in [3.63, 3.8) is 0 Å². The zero-order chi connectivity index (χ0) is 38.6. The van der Waals surface area contributed by atoms with Gasteiger partial charge in [-0.05, 0) is 89.5 Å². The Morgan fingerprint density at radius 3 is 1.84 bits per heavy atom. The van der Waals surface area contributed by atoms with Gasteiger partial charge in [-0.15, -0.1) is 10.2 Å². The summed E-state index contributed by atoms with van der Waals surface area (Å²) in [4.78, 5) is 8.20. The Kier molecular flexibility index (Phi) is 18.9. The number of hydrogen-bond acceptors (Lipinski definition) is 20. The van der Waals surface area contributed by atoms with Crippen molar-refractivity contribution in [2.24, 2.45) is 10.2 Å². The van der Waals surface area contributed by atoms with Crippen molar-refractivity contribution < 1.29 is 175 Å². The van der Waals surface area contributed by atoms with Gasteiger partial charge >= 0.3 is 118 Å². The number of nitrogens with one attached hydrogen (secondary N) is 2. The zero-order valence-electron chi connectivity index (χ0n) is 29.4. The first-order chi connectivity index (χ1) is 23.9. The van der Waals surface area contributed by atoms with E-state index in [1.54, 1.807) is 0 Å². The number of nitrogen functional groups attached to an aromatic ring is 1. The Labute approximate surface area is 411 Å². The summed E-state index contributed by atoms with van der Waals surface area (Å²) in [5, 5.41) is 24.4. The fraction of sp³-hybridized carbons (Fsp3) is 0.0385. The summed E-state index contributed by atoms with van der Waals surface area (Å²) in [6, 6.07) is 7.97. The second-order valence-electron chi connectivity index (χ2n) is 10.4. The number of anilines is 5. The number of benzene rings is 4. The third-order valence-corrected chi connectivity index (χ3v) is 10.3. The topological polar surface area (TPSA) is 362 Å². The van der Waals surface area contributed by atoms with Gasteiger partial charge in [0.25, 0.3) is 10.1 Å². The van der Waals surface area contributed by atoms with Gasteiger partial charge in [-0.3, -0.25) is 4.55 Å². The molecule has 56 heavy (non-hydrogen) atoms. The third-order valence-electron chi connectivity index (χ3n) is 6.78. The summed E-state index contributed by atoms with van der Waals surface area (Å²) < 4.78 is 139. The summed E-state index contributed by atoms with van der Waals surface area (Å²) in [6.07, 6.45) is 0. The predicted octanol–water partition coefficient (Wildman–Crippen LogP) is -9.48. The fourth-order valence-corrected chi connectivity index (χ4v) is 7.05. The first kappa shape index (κ1) is 52.9. The molecule has 1 aromatic heterocycles. The average molecular weight is 905 g/mol. The molecule has 0 radical (unpaired) electrons. The predicted molar refractivity (Wildman–Crippen MR) is 175 cm³/mol. The van der Waals surface area contributed by atoms with E-state index in [4.69, 9.17) is 17.3 Å². The van der Waals surface area contributed by atoms with Crippen LogP contribution >= 0.6 is 11.6 Å². The molecule has 21 nitrogen and oxygen atoms in total. The molecule has 5 aromatic rings. The van der Waals surface area contributed by atoms with Crippen LogP contribution in [0, 0.1) is 6.92 Å². The normalized spacial score (nSPS) is 11.8. The molecular weight excluding hydrogens is 888 g/mol. The van der Waals surface area contributed by atoms with Gasteiger partial charge in [-0.25, -0.2) is 25.3 Å². The first-order valence-corrected chi connectivity index (χ1v) is 19.5. The van der Waals surface area contributed by atoms with Crippen LogP contribution in [-0.2, 0) is 40.5 Å². The van der Waals surface area contributed by atoms with Crippen molar-refractivity contribution in [3.05, 3.63) is 65.4 Å². The maximum atomic E-state index is 13.4. The Balaban J connectivity index is 0.00000392. The molecule has 5 rings (SSSR count). The third kappa shape index (κ3) is 12.7. The maximum Gasteiger partial charge on any atom is 1.00 e. The number of aryl methyl sites for hydroxylation is 1. The summed E-state index contributed by atoms with van der Waals surface area (Å²) >= 11 is 6.02. The largest absolute Gasteiger partial charge is 1.00 e. The van der Waals surface area contributed by atoms with E-state index < -0.39 is 93.6 Å². The molecule has 0 saturated carbocycles. The molecule has 4 aromatic carbocycles. The standard InChI is InChI=1S/C26H21ClN8O13S4.4Na/c1-11-6-14(49(37,38)39)3-4-17(11)30-26-32-24(27)31-25(33-26)29-13-2-5-19(51(43,44)45)18(9-13)34-35-22-20(52(46,47)48)8-12-7-15(50(40,41)42)10-16(28)21(12)23(22)36;;;;/h2-10,36H,28H2,1H3,(H,37,38,39)(H,40,41,42)(H,43,44,45)(H,46,47,48)(H2,29,30,31,32,33);;;;/q;4*+1/p-4. The van der Waals surface area contributed by atoms with Gasteiger partial charge in [0.1, 0.15) is 40.9 Å². The van der Waals surface area contributed by atoms with E-state index in [2.05, 4.69) is 35.8 Å². The molecule has 0 aliphatic carbocycles. The van der Waals surface area contributed by atoms with Gasteiger partial charge in [0.15, 0.2) is 0 Å². The number of nitrogens with zero attached hydrogens (tertiary/aromatic N) is 5. The fourth-order valence-electron chi connectivity index (χ4n) is 4.54. The summed E-state index contributed by atoms with van der Waals surface area (Å²) in [7, 11) is -20.5. The molecule has 0 fully saturated rings. The molecular formula is C26H17ClN8Na4O13S4. The van der Waals surface area contributed by atoms with Crippen LogP contribution in [0.25, 0.3) is 10.8 Å². The number of aromatic nitrogens is 3. The van der Waals surface area contributed by atoms with E-state index in [1.807, 2.05) is 0 Å². The van der Waals surface area contributed by atoms with Crippen molar-refractivity contribution in [2.45, 2.75) is 26.5 Å². The first-order valence-electron chi connectivity index (χ1n) is 13.5. The van der Waals surface area contributed by atoms with Gasteiger partial charge in [0, 0.05) is 17.1 Å². The molecule has 274 valence electrons. The average Bonchev–Trinajstić information content (AvgIpc) is 2.99. The molecule has 0 atom stereocenters. The van der Waals surface area contributed by atoms with Gasteiger partial charge in [0.05, 0.1) is 20.4 Å². The van der Waals surface area contributed by atoms with E-state index in [-0.39, 0.29) is 147 Å². The SMILES string of the molecule is Cc1cc(S(=O)(=O)[O-])ccc1Nc1nc(Cl)nc(Nc2ccc(S(=O)(=O)[O-])c(N=Nc3c(S(=O)(=O)O)cc4cc(S(=O)(=O)[O-])cc(N)c4c3[O-])c2)n1.[Na+].[Na+].[Na+].[Na+]. The summed E-state index contributed by atoms with van der Waals surface area (Å²) in [5.74, 6) is -1.83. The minimum atomic E-state index is -5.34. The van der Waals surface area contributed by atoms with Gasteiger partial charge < -0.3 is 35.1 Å².